The third-order valence-corrected chi connectivity index (χ3v) is 4.32. The molecule has 0 spiro atoms. The quantitative estimate of drug-likeness (QED) is 0.437. The van der Waals surface area contributed by atoms with E-state index in [2.05, 4.69) is 28.9 Å². The summed E-state index contributed by atoms with van der Waals surface area (Å²) in [6.07, 6.45) is 5.00. The average Bonchev–Trinajstić information content (AvgIpc) is 3.13. The summed E-state index contributed by atoms with van der Waals surface area (Å²) < 4.78 is 13.0. The van der Waals surface area contributed by atoms with Gasteiger partial charge < -0.3 is 14.8 Å². The lowest BCUT2D eigenvalue weighted by molar-refractivity contribution is -0.138. The fraction of sp³-hybridized carbons (Fsp3) is 0.350. The normalized spacial score (nSPS) is 15.7. The lowest BCUT2D eigenvalue weighted by atomic mass is 9.95. The molecule has 1 N–H and O–H groups in total. The van der Waals surface area contributed by atoms with Gasteiger partial charge >= 0.3 is 5.97 Å². The highest BCUT2D eigenvalue weighted by molar-refractivity contribution is 5.92. The minimum absolute atomic E-state index is 0.140. The Labute approximate surface area is 158 Å². The molecule has 27 heavy (non-hydrogen) atoms. The van der Waals surface area contributed by atoms with E-state index in [0.717, 1.165) is 24.2 Å². The Morgan fingerprint density at radius 2 is 2.22 bits per heavy atom. The van der Waals surface area contributed by atoms with Crippen molar-refractivity contribution in [1.29, 1.82) is 0 Å². The van der Waals surface area contributed by atoms with Crippen LogP contribution < -0.4 is 10.1 Å². The smallest absolute Gasteiger partial charge is 0.338 e. The lowest BCUT2D eigenvalue weighted by Gasteiger charge is -2.29. The van der Waals surface area contributed by atoms with E-state index in [1.807, 2.05) is 31.2 Å². The van der Waals surface area contributed by atoms with Gasteiger partial charge in [0.1, 0.15) is 24.7 Å². The van der Waals surface area contributed by atoms with E-state index in [9.17, 15) is 4.79 Å². The SMILES string of the molecule is C=CCOC(=O)C1=C(C)Nc2ncnn2C1c1ccccc1OCCCC. The average molecular weight is 368 g/mol. The van der Waals surface area contributed by atoms with Crippen molar-refractivity contribution >= 4 is 11.9 Å². The second-order valence-electron chi connectivity index (χ2n) is 6.22. The Hall–Kier alpha value is -3.09. The number of allylic oxidation sites excluding steroid dienone is 1. The van der Waals surface area contributed by atoms with Crippen molar-refractivity contribution in [1.82, 2.24) is 14.8 Å². The van der Waals surface area contributed by atoms with E-state index in [1.54, 1.807) is 10.8 Å². The molecule has 2 aromatic rings. The fourth-order valence-electron chi connectivity index (χ4n) is 3.02. The first kappa shape index (κ1) is 18.7. The molecular weight excluding hydrogens is 344 g/mol. The fourth-order valence-corrected chi connectivity index (χ4v) is 3.02. The summed E-state index contributed by atoms with van der Waals surface area (Å²) >= 11 is 0. The number of fused-ring (bicyclic) bond motifs is 1. The van der Waals surface area contributed by atoms with Gasteiger partial charge in [-0.1, -0.05) is 44.2 Å². The number of unbranched alkanes of at least 4 members (excludes halogenated alkanes) is 1. The summed E-state index contributed by atoms with van der Waals surface area (Å²) in [4.78, 5) is 17.0. The van der Waals surface area contributed by atoms with Gasteiger partial charge in [0.25, 0.3) is 0 Å². The molecular formula is C20H24N4O3. The van der Waals surface area contributed by atoms with E-state index in [1.165, 1.54) is 6.33 Å². The maximum Gasteiger partial charge on any atom is 0.338 e. The third-order valence-electron chi connectivity index (χ3n) is 4.32. The predicted octanol–water partition coefficient (Wildman–Crippen LogP) is 3.48. The summed E-state index contributed by atoms with van der Waals surface area (Å²) in [6.45, 7) is 8.30. The van der Waals surface area contributed by atoms with Crippen molar-refractivity contribution in [2.45, 2.75) is 32.7 Å². The van der Waals surface area contributed by atoms with Crippen molar-refractivity contribution < 1.29 is 14.3 Å². The molecule has 7 heteroatoms. The highest BCUT2D eigenvalue weighted by atomic mass is 16.5. The number of hydrogen-bond donors (Lipinski definition) is 1. The molecule has 2 heterocycles. The second kappa shape index (κ2) is 8.53. The molecule has 0 saturated heterocycles. The van der Waals surface area contributed by atoms with Crippen LogP contribution in [0.2, 0.25) is 0 Å². The first-order valence-corrected chi connectivity index (χ1v) is 9.04. The molecule has 1 aromatic heterocycles. The minimum Gasteiger partial charge on any atom is -0.493 e. The summed E-state index contributed by atoms with van der Waals surface area (Å²) in [6, 6.07) is 7.20. The first-order valence-electron chi connectivity index (χ1n) is 9.04. The van der Waals surface area contributed by atoms with Crippen molar-refractivity contribution in [3.8, 4) is 5.75 Å². The minimum atomic E-state index is -0.487. The Morgan fingerprint density at radius 3 is 3.00 bits per heavy atom. The number of ether oxygens (including phenoxy) is 2. The number of nitrogens with zero attached hydrogens (tertiary/aromatic N) is 3. The second-order valence-corrected chi connectivity index (χ2v) is 6.22. The monoisotopic (exact) mass is 368 g/mol. The van der Waals surface area contributed by atoms with Crippen LogP contribution in [-0.4, -0.2) is 33.9 Å². The van der Waals surface area contributed by atoms with Crippen LogP contribution in [0.1, 0.15) is 38.3 Å². The van der Waals surface area contributed by atoms with Crippen LogP contribution >= 0.6 is 0 Å². The molecule has 1 aliphatic heterocycles. The number of rotatable bonds is 8. The van der Waals surface area contributed by atoms with Gasteiger partial charge in [0, 0.05) is 11.3 Å². The lowest BCUT2D eigenvalue weighted by Crippen LogP contribution is -2.30. The Kier molecular flexibility index (Phi) is 5.90. The van der Waals surface area contributed by atoms with E-state index in [0.29, 0.717) is 23.8 Å². The first-order chi connectivity index (χ1) is 13.2. The van der Waals surface area contributed by atoms with E-state index in [4.69, 9.17) is 9.47 Å². The van der Waals surface area contributed by atoms with Crippen LogP contribution in [0.15, 0.2) is 54.5 Å². The molecule has 0 aliphatic carbocycles. The molecule has 3 rings (SSSR count). The zero-order valence-electron chi connectivity index (χ0n) is 15.6. The number of aromatic nitrogens is 3. The highest BCUT2D eigenvalue weighted by Crippen LogP contribution is 2.39. The summed E-state index contributed by atoms with van der Waals surface area (Å²) in [5, 5.41) is 7.45. The molecule has 0 amide bonds. The van der Waals surface area contributed by atoms with Gasteiger partial charge in [0.05, 0.1) is 12.2 Å². The van der Waals surface area contributed by atoms with Crippen LogP contribution in [0.3, 0.4) is 0 Å². The zero-order chi connectivity index (χ0) is 19.2. The Bertz CT molecular complexity index is 856. The van der Waals surface area contributed by atoms with E-state index < -0.39 is 12.0 Å². The number of esters is 1. The standard InChI is InChI=1S/C20H24N4O3/c1-4-6-12-26-16-10-8-7-9-15(16)18-17(19(25)27-11-5-2)14(3)23-20-21-13-22-24(18)20/h5,7-10,13,18H,2,4,6,11-12H2,1,3H3,(H,21,22,23). The maximum absolute atomic E-state index is 12.8. The number of nitrogens with one attached hydrogen (secondary N) is 1. The Balaban J connectivity index is 2.05. The van der Waals surface area contributed by atoms with E-state index >= 15 is 0 Å². The van der Waals surface area contributed by atoms with Crippen LogP contribution in [0.5, 0.6) is 5.75 Å². The third kappa shape index (κ3) is 3.86. The van der Waals surface area contributed by atoms with Gasteiger partial charge in [-0.2, -0.15) is 10.1 Å². The molecule has 0 fully saturated rings. The topological polar surface area (TPSA) is 78.3 Å². The molecule has 0 saturated carbocycles. The highest BCUT2D eigenvalue weighted by Gasteiger charge is 2.35. The molecule has 1 aliphatic rings. The van der Waals surface area contributed by atoms with Gasteiger partial charge in [0.15, 0.2) is 0 Å². The molecule has 1 unspecified atom stereocenters. The molecule has 1 aromatic carbocycles. The number of para-hydroxylation sites is 1. The van der Waals surface area contributed by atoms with Gasteiger partial charge in [0.2, 0.25) is 5.95 Å². The predicted molar refractivity (Wildman–Crippen MR) is 102 cm³/mol. The molecule has 1 atom stereocenters. The van der Waals surface area contributed by atoms with Gasteiger partial charge in [-0.05, 0) is 19.4 Å². The number of carbonyl (C=O) groups is 1. The van der Waals surface area contributed by atoms with Crippen LogP contribution in [0, 0.1) is 0 Å². The van der Waals surface area contributed by atoms with Crippen molar-refractivity contribution in [2.75, 3.05) is 18.5 Å². The van der Waals surface area contributed by atoms with Gasteiger partial charge in [-0.25, -0.2) is 9.48 Å². The van der Waals surface area contributed by atoms with Crippen molar-refractivity contribution in [3.63, 3.8) is 0 Å². The maximum atomic E-state index is 12.8. The summed E-state index contributed by atoms with van der Waals surface area (Å²) in [5.74, 6) is 0.872. The number of benzene rings is 1. The summed E-state index contributed by atoms with van der Waals surface area (Å²) in [5.41, 5.74) is 1.99. The molecule has 7 nitrogen and oxygen atoms in total. The van der Waals surface area contributed by atoms with Gasteiger partial charge in [-0.3, -0.25) is 0 Å². The van der Waals surface area contributed by atoms with Gasteiger partial charge in [-0.15, -0.1) is 0 Å². The Morgan fingerprint density at radius 1 is 1.41 bits per heavy atom. The molecule has 0 bridgehead atoms. The van der Waals surface area contributed by atoms with E-state index in [-0.39, 0.29) is 6.61 Å². The van der Waals surface area contributed by atoms with Crippen LogP contribution in [0.25, 0.3) is 0 Å². The van der Waals surface area contributed by atoms with Crippen LogP contribution in [0.4, 0.5) is 5.95 Å². The number of hydrogen-bond acceptors (Lipinski definition) is 6. The number of carbonyl (C=O) groups excluding carboxylic acids is 1. The number of anilines is 1. The molecule has 0 radical (unpaired) electrons. The zero-order valence-corrected chi connectivity index (χ0v) is 15.6. The summed E-state index contributed by atoms with van der Waals surface area (Å²) in [7, 11) is 0. The van der Waals surface area contributed by atoms with Crippen LogP contribution in [-0.2, 0) is 9.53 Å². The van der Waals surface area contributed by atoms with Crippen molar-refractivity contribution in [3.05, 3.63) is 60.1 Å². The van der Waals surface area contributed by atoms with Crippen molar-refractivity contribution in [2.24, 2.45) is 0 Å². The molecule has 142 valence electrons. The largest absolute Gasteiger partial charge is 0.493 e.